The minimum Gasteiger partial charge on any atom is -0.508 e. The third kappa shape index (κ3) is 3.86. The third-order valence-corrected chi connectivity index (χ3v) is 7.24. The topological polar surface area (TPSA) is 188 Å². The average molecular weight is 513 g/mol. The van der Waals surface area contributed by atoms with Gasteiger partial charge in [-0.25, -0.2) is 4.79 Å². The first-order valence-corrected chi connectivity index (χ1v) is 11.7. The van der Waals surface area contributed by atoms with Gasteiger partial charge in [0.2, 0.25) is 5.78 Å². The number of Topliss-reactive ketones (excluding diaryl/α,β-unsaturated/α-hetero) is 2. The first-order chi connectivity index (χ1) is 17.3. The van der Waals surface area contributed by atoms with Gasteiger partial charge >= 0.3 is 5.97 Å². The number of carbonyl (C=O) groups excluding carboxylic acids is 4. The van der Waals surface area contributed by atoms with Gasteiger partial charge in [-0.2, -0.15) is 0 Å². The van der Waals surface area contributed by atoms with Crippen LogP contribution in [-0.2, 0) is 30.3 Å². The van der Waals surface area contributed by atoms with Crippen molar-refractivity contribution in [2.75, 3.05) is 25.6 Å². The Morgan fingerprint density at radius 3 is 2.49 bits per heavy atom. The number of benzene rings is 1. The van der Waals surface area contributed by atoms with Crippen LogP contribution in [0.1, 0.15) is 36.5 Å². The summed E-state index contributed by atoms with van der Waals surface area (Å²) in [5.74, 6) is -7.55. The molecule has 11 heteroatoms. The maximum absolute atomic E-state index is 13.6. The number of hydrogen-bond donors (Lipinski definition) is 5. The fraction of sp³-hybridized carbons (Fsp3) is 0.385. The third-order valence-electron chi connectivity index (χ3n) is 7.24. The molecule has 6 N–H and O–H groups in total. The van der Waals surface area contributed by atoms with Crippen molar-refractivity contribution in [3.05, 3.63) is 45.7 Å². The zero-order valence-electron chi connectivity index (χ0n) is 20.6. The number of rotatable bonds is 5. The summed E-state index contributed by atoms with van der Waals surface area (Å²) in [5, 5.41) is 44.4. The lowest BCUT2D eigenvalue weighted by Crippen LogP contribution is -2.58. The molecule has 3 aliphatic carbocycles. The van der Waals surface area contributed by atoms with Crippen LogP contribution >= 0.6 is 0 Å². The number of carbonyl (C=O) groups is 4. The van der Waals surface area contributed by atoms with Gasteiger partial charge in [-0.3, -0.25) is 14.4 Å². The zero-order valence-corrected chi connectivity index (χ0v) is 20.6. The first-order valence-electron chi connectivity index (χ1n) is 11.7. The van der Waals surface area contributed by atoms with Gasteiger partial charge in [0.15, 0.2) is 11.4 Å². The molecule has 1 aromatic rings. The number of aliphatic hydroxyl groups excluding tert-OH is 2. The Balaban J connectivity index is 1.92. The van der Waals surface area contributed by atoms with Gasteiger partial charge in [-0.1, -0.05) is 0 Å². The summed E-state index contributed by atoms with van der Waals surface area (Å²) in [5.41, 5.74) is 2.75. The van der Waals surface area contributed by atoms with Gasteiger partial charge < -0.3 is 35.8 Å². The smallest absolute Gasteiger partial charge is 0.330 e. The van der Waals surface area contributed by atoms with Gasteiger partial charge in [-0.05, 0) is 43.4 Å². The van der Waals surface area contributed by atoms with E-state index >= 15 is 0 Å². The lowest BCUT2D eigenvalue weighted by atomic mass is 9.59. The number of primary amides is 1. The fourth-order valence-electron chi connectivity index (χ4n) is 5.56. The Morgan fingerprint density at radius 2 is 1.89 bits per heavy atom. The van der Waals surface area contributed by atoms with Crippen molar-refractivity contribution in [2.45, 2.75) is 31.8 Å². The number of anilines is 1. The van der Waals surface area contributed by atoms with Crippen molar-refractivity contribution in [1.29, 1.82) is 0 Å². The summed E-state index contributed by atoms with van der Waals surface area (Å²) in [6.45, 7) is 1.81. The quantitative estimate of drug-likeness (QED) is 0.217. The molecule has 0 radical (unpaired) electrons. The number of esters is 1. The number of ketones is 2. The van der Waals surface area contributed by atoms with Crippen LogP contribution in [0.15, 0.2) is 29.0 Å². The molecule has 3 unspecified atom stereocenters. The van der Waals surface area contributed by atoms with Gasteiger partial charge in [0.1, 0.15) is 22.8 Å². The number of nitrogens with zero attached hydrogens (tertiary/aromatic N) is 1. The summed E-state index contributed by atoms with van der Waals surface area (Å²) >= 11 is 0. The van der Waals surface area contributed by atoms with E-state index in [-0.39, 0.29) is 42.6 Å². The monoisotopic (exact) mass is 512 g/mol. The van der Waals surface area contributed by atoms with Crippen molar-refractivity contribution in [1.82, 2.24) is 0 Å². The molecular weight excluding hydrogens is 484 g/mol. The maximum atomic E-state index is 13.6. The number of aliphatic hydroxyl groups is 3. The van der Waals surface area contributed by atoms with Crippen LogP contribution in [0.25, 0.3) is 11.8 Å². The van der Waals surface area contributed by atoms with Crippen LogP contribution in [0, 0.1) is 11.8 Å². The Bertz CT molecular complexity index is 1340. The molecule has 0 aromatic heterocycles. The number of ether oxygens (including phenoxy) is 1. The highest BCUT2D eigenvalue weighted by molar-refractivity contribution is 6.22. The number of phenols is 1. The molecule has 0 aliphatic heterocycles. The minimum absolute atomic E-state index is 0.0427. The van der Waals surface area contributed by atoms with E-state index in [1.165, 1.54) is 6.08 Å². The van der Waals surface area contributed by atoms with Crippen LogP contribution < -0.4 is 10.6 Å². The molecule has 196 valence electrons. The van der Waals surface area contributed by atoms with Crippen LogP contribution in [0.4, 0.5) is 5.69 Å². The predicted octanol–water partition coefficient (Wildman–Crippen LogP) is 1.07. The molecule has 37 heavy (non-hydrogen) atoms. The van der Waals surface area contributed by atoms with Crippen LogP contribution in [0.2, 0.25) is 0 Å². The Labute approximate surface area is 212 Å². The Kier molecular flexibility index (Phi) is 6.37. The number of amides is 1. The summed E-state index contributed by atoms with van der Waals surface area (Å²) in [4.78, 5) is 51.4. The second-order valence-corrected chi connectivity index (χ2v) is 9.57. The predicted molar refractivity (Wildman–Crippen MR) is 131 cm³/mol. The summed E-state index contributed by atoms with van der Waals surface area (Å²) in [6, 6.07) is 1.63. The lowest BCUT2D eigenvalue weighted by Gasteiger charge is -2.46. The summed E-state index contributed by atoms with van der Waals surface area (Å²) < 4.78 is 4.87. The van der Waals surface area contributed by atoms with Crippen molar-refractivity contribution >= 4 is 41.0 Å². The Hall–Kier alpha value is -4.12. The summed E-state index contributed by atoms with van der Waals surface area (Å²) in [7, 11) is 3.50. The highest BCUT2D eigenvalue weighted by atomic mass is 16.5. The highest BCUT2D eigenvalue weighted by Gasteiger charge is 2.60. The van der Waals surface area contributed by atoms with Crippen LogP contribution in [0.5, 0.6) is 5.75 Å². The minimum atomic E-state index is -2.63. The van der Waals surface area contributed by atoms with Crippen molar-refractivity contribution in [2.24, 2.45) is 17.6 Å². The molecule has 1 amide bonds. The van der Waals surface area contributed by atoms with Gasteiger partial charge in [0.25, 0.3) is 5.91 Å². The molecular formula is C26H28N2O9. The fourth-order valence-corrected chi connectivity index (χ4v) is 5.56. The Morgan fingerprint density at radius 1 is 1.22 bits per heavy atom. The second-order valence-electron chi connectivity index (χ2n) is 9.57. The molecule has 0 saturated heterocycles. The van der Waals surface area contributed by atoms with Crippen molar-refractivity contribution in [3.8, 4) is 5.75 Å². The lowest BCUT2D eigenvalue weighted by molar-refractivity contribution is -0.147. The first kappa shape index (κ1) is 26.0. The molecule has 1 aromatic carbocycles. The molecule has 3 atom stereocenters. The molecule has 4 rings (SSSR count). The standard InChI is InChI=1S/C26H28N2O9/c1-4-37-17(30)6-5-11-9-15(28(2)3)14-8-12-7-13-10-16(29)20(25(27)35)24(34)26(13,36)23(33)18(12)22(32)19(14)21(11)31/h5-6,9,12-13,31-32,34,36H,4,7-8,10H2,1-3H3,(H2,27,35)/b6-5+. The maximum Gasteiger partial charge on any atom is 0.330 e. The van der Waals surface area contributed by atoms with E-state index in [1.54, 1.807) is 32.0 Å². The zero-order chi connectivity index (χ0) is 27.4. The average Bonchev–Trinajstić information content (AvgIpc) is 2.80. The largest absolute Gasteiger partial charge is 0.508 e. The molecule has 0 heterocycles. The number of nitrogens with two attached hydrogens (primary N) is 1. The van der Waals surface area contributed by atoms with E-state index in [0.717, 1.165) is 6.08 Å². The van der Waals surface area contributed by atoms with E-state index in [4.69, 9.17) is 10.5 Å². The molecule has 11 nitrogen and oxygen atoms in total. The van der Waals surface area contributed by atoms with E-state index in [1.807, 2.05) is 0 Å². The summed E-state index contributed by atoms with van der Waals surface area (Å²) in [6.07, 6.45) is 2.27. The van der Waals surface area contributed by atoms with Gasteiger partial charge in [0.05, 0.1) is 12.2 Å². The molecule has 1 saturated carbocycles. The van der Waals surface area contributed by atoms with Gasteiger partial charge in [-0.15, -0.1) is 0 Å². The van der Waals surface area contributed by atoms with Crippen molar-refractivity contribution in [3.63, 3.8) is 0 Å². The molecule has 1 fully saturated rings. The molecule has 3 aliphatic rings. The van der Waals surface area contributed by atoms with Crippen LogP contribution in [0.3, 0.4) is 0 Å². The molecule has 0 spiro atoms. The van der Waals surface area contributed by atoms with E-state index in [2.05, 4.69) is 0 Å². The van der Waals surface area contributed by atoms with Gasteiger partial charge in [0, 0.05) is 49.3 Å². The highest BCUT2D eigenvalue weighted by Crippen LogP contribution is 2.53. The van der Waals surface area contributed by atoms with Crippen molar-refractivity contribution < 1.29 is 44.3 Å². The second kappa shape index (κ2) is 9.07. The normalized spacial score (nSPS) is 25.1. The number of aromatic hydroxyl groups is 1. The van der Waals surface area contributed by atoms with E-state index in [0.29, 0.717) is 11.3 Å². The molecule has 0 bridgehead atoms. The number of hydrogen-bond acceptors (Lipinski definition) is 10. The number of phenolic OH excluding ortho intramolecular Hbond substituents is 1. The number of fused-ring (bicyclic) bond motifs is 3. The SMILES string of the molecule is CCOC(=O)/C=C/c1cc(N(C)C)c2c(c1O)C(O)=C1C(=O)C3(O)C(O)=C(C(N)=O)C(=O)CC3CC1C2. The van der Waals surface area contributed by atoms with E-state index in [9.17, 15) is 39.6 Å². The van der Waals surface area contributed by atoms with E-state index < -0.39 is 63.7 Å². The van der Waals surface area contributed by atoms with Crippen LogP contribution in [-0.4, -0.2) is 70.2 Å².